The van der Waals surface area contributed by atoms with Crippen molar-refractivity contribution in [1.29, 1.82) is 0 Å². The summed E-state index contributed by atoms with van der Waals surface area (Å²) >= 11 is 0. The van der Waals surface area contributed by atoms with E-state index in [-0.39, 0.29) is 0 Å². The predicted molar refractivity (Wildman–Crippen MR) is 98.7 cm³/mol. The third-order valence-electron chi connectivity index (χ3n) is 3.99. The topological polar surface area (TPSA) is 51.6 Å². The van der Waals surface area contributed by atoms with Gasteiger partial charge in [0, 0.05) is 35.9 Å². The number of hydrogen-bond donors (Lipinski definition) is 0. The van der Waals surface area contributed by atoms with Gasteiger partial charge in [0.25, 0.3) is 0 Å². The van der Waals surface area contributed by atoms with E-state index in [0.717, 1.165) is 39.5 Å². The highest BCUT2D eigenvalue weighted by atomic mass is 14.9. The van der Waals surface area contributed by atoms with Crippen LogP contribution in [0.4, 0.5) is 0 Å². The van der Waals surface area contributed by atoms with Crippen LogP contribution in [-0.2, 0) is 0 Å². The van der Waals surface area contributed by atoms with Gasteiger partial charge in [0.05, 0.1) is 11.4 Å². The van der Waals surface area contributed by atoms with Gasteiger partial charge in [0.1, 0.15) is 5.82 Å². The van der Waals surface area contributed by atoms with Gasteiger partial charge in [-0.25, -0.2) is 9.97 Å². The molecule has 1 aromatic carbocycles. The summed E-state index contributed by atoms with van der Waals surface area (Å²) in [6, 6.07) is 18.3. The Labute approximate surface area is 146 Å². The third-order valence-corrected chi connectivity index (χ3v) is 3.99. The van der Waals surface area contributed by atoms with Crippen molar-refractivity contribution in [2.75, 3.05) is 0 Å². The van der Waals surface area contributed by atoms with E-state index in [9.17, 15) is 0 Å². The number of hydrogen-bond acceptors (Lipinski definition) is 4. The number of nitrogens with zero attached hydrogens (tertiary/aromatic N) is 4. The van der Waals surface area contributed by atoms with Crippen LogP contribution in [0.1, 0.15) is 5.82 Å². The zero-order valence-corrected chi connectivity index (χ0v) is 13.8. The van der Waals surface area contributed by atoms with Crippen molar-refractivity contribution in [3.63, 3.8) is 0 Å². The third kappa shape index (κ3) is 3.28. The van der Waals surface area contributed by atoms with E-state index in [1.54, 1.807) is 18.6 Å². The molecule has 0 spiro atoms. The number of aromatic nitrogens is 4. The standard InChI is InChI=1S/C21H16N4/c1-15-24-20(13-21(25-15)19-3-2-10-23-14-19)18-6-4-16(5-7-18)17-8-11-22-12-9-17/h2-14H,1H3. The summed E-state index contributed by atoms with van der Waals surface area (Å²) in [5.74, 6) is 0.745. The summed E-state index contributed by atoms with van der Waals surface area (Å²) in [5, 5.41) is 0. The van der Waals surface area contributed by atoms with Gasteiger partial charge in [-0.15, -0.1) is 0 Å². The van der Waals surface area contributed by atoms with Crippen LogP contribution in [-0.4, -0.2) is 19.9 Å². The van der Waals surface area contributed by atoms with E-state index in [4.69, 9.17) is 0 Å². The molecule has 0 aliphatic heterocycles. The van der Waals surface area contributed by atoms with E-state index in [1.807, 2.05) is 43.5 Å². The molecule has 25 heavy (non-hydrogen) atoms. The first kappa shape index (κ1) is 15.1. The fourth-order valence-electron chi connectivity index (χ4n) is 2.76. The Bertz CT molecular complexity index is 981. The minimum Gasteiger partial charge on any atom is -0.265 e. The minimum atomic E-state index is 0.745. The molecule has 0 bridgehead atoms. The lowest BCUT2D eigenvalue weighted by Gasteiger charge is -2.07. The quantitative estimate of drug-likeness (QED) is 0.553. The fourth-order valence-corrected chi connectivity index (χ4v) is 2.76. The Hall–Kier alpha value is -3.40. The summed E-state index contributed by atoms with van der Waals surface area (Å²) in [7, 11) is 0. The number of pyridine rings is 2. The molecular weight excluding hydrogens is 308 g/mol. The van der Waals surface area contributed by atoms with Crippen LogP contribution in [0.2, 0.25) is 0 Å². The fraction of sp³-hybridized carbons (Fsp3) is 0.0476. The summed E-state index contributed by atoms with van der Waals surface area (Å²) in [6.07, 6.45) is 7.18. The van der Waals surface area contributed by atoms with Crippen molar-refractivity contribution < 1.29 is 0 Å². The van der Waals surface area contributed by atoms with E-state index >= 15 is 0 Å². The Morgan fingerprint density at radius 3 is 1.92 bits per heavy atom. The van der Waals surface area contributed by atoms with Gasteiger partial charge in [-0.1, -0.05) is 24.3 Å². The molecule has 0 aliphatic rings. The van der Waals surface area contributed by atoms with Crippen molar-refractivity contribution in [1.82, 2.24) is 19.9 Å². The molecule has 0 unspecified atom stereocenters. The molecule has 0 N–H and O–H groups in total. The van der Waals surface area contributed by atoms with Crippen LogP contribution >= 0.6 is 0 Å². The second-order valence-corrected chi connectivity index (χ2v) is 5.74. The molecule has 4 aromatic rings. The van der Waals surface area contributed by atoms with Crippen LogP contribution in [0, 0.1) is 6.92 Å². The van der Waals surface area contributed by atoms with Gasteiger partial charge < -0.3 is 0 Å². The maximum absolute atomic E-state index is 4.59. The second-order valence-electron chi connectivity index (χ2n) is 5.74. The Kier molecular flexibility index (Phi) is 4.01. The molecule has 0 saturated heterocycles. The Balaban J connectivity index is 1.71. The Morgan fingerprint density at radius 2 is 1.24 bits per heavy atom. The van der Waals surface area contributed by atoms with Gasteiger partial charge in [-0.3, -0.25) is 9.97 Å². The van der Waals surface area contributed by atoms with E-state index in [0.29, 0.717) is 0 Å². The monoisotopic (exact) mass is 324 g/mol. The summed E-state index contributed by atoms with van der Waals surface area (Å²) in [6.45, 7) is 1.91. The van der Waals surface area contributed by atoms with Gasteiger partial charge in [-0.05, 0) is 48.4 Å². The summed E-state index contributed by atoms with van der Waals surface area (Å²) in [4.78, 5) is 17.4. The van der Waals surface area contributed by atoms with Crippen molar-refractivity contribution in [2.24, 2.45) is 0 Å². The highest BCUT2D eigenvalue weighted by Crippen LogP contribution is 2.26. The average Bonchev–Trinajstić information content (AvgIpc) is 2.69. The largest absolute Gasteiger partial charge is 0.265 e. The molecule has 4 heteroatoms. The molecule has 4 rings (SSSR count). The van der Waals surface area contributed by atoms with Gasteiger partial charge in [0.15, 0.2) is 0 Å². The first-order valence-electron chi connectivity index (χ1n) is 8.06. The van der Waals surface area contributed by atoms with Crippen LogP contribution < -0.4 is 0 Å². The molecule has 4 nitrogen and oxygen atoms in total. The van der Waals surface area contributed by atoms with Crippen molar-refractivity contribution in [2.45, 2.75) is 6.92 Å². The smallest absolute Gasteiger partial charge is 0.126 e. The maximum atomic E-state index is 4.59. The average molecular weight is 324 g/mol. The number of benzene rings is 1. The van der Waals surface area contributed by atoms with Gasteiger partial charge in [0.2, 0.25) is 0 Å². The maximum Gasteiger partial charge on any atom is 0.126 e. The number of aryl methyl sites for hydroxylation is 1. The molecule has 0 saturated carbocycles. The Morgan fingerprint density at radius 1 is 0.600 bits per heavy atom. The molecule has 0 atom stereocenters. The van der Waals surface area contributed by atoms with Crippen molar-refractivity contribution >= 4 is 0 Å². The van der Waals surface area contributed by atoms with Gasteiger partial charge in [-0.2, -0.15) is 0 Å². The zero-order chi connectivity index (χ0) is 17.1. The lowest BCUT2D eigenvalue weighted by Crippen LogP contribution is -1.95. The second kappa shape index (κ2) is 6.61. The van der Waals surface area contributed by atoms with Crippen molar-refractivity contribution in [3.05, 3.63) is 85.2 Å². The highest BCUT2D eigenvalue weighted by molar-refractivity contribution is 5.71. The highest BCUT2D eigenvalue weighted by Gasteiger charge is 2.07. The lowest BCUT2D eigenvalue weighted by atomic mass is 10.0. The first-order valence-corrected chi connectivity index (χ1v) is 8.06. The molecule has 0 aliphatic carbocycles. The molecule has 0 amide bonds. The molecule has 120 valence electrons. The molecule has 0 radical (unpaired) electrons. The molecular formula is C21H16N4. The molecule has 0 fully saturated rings. The minimum absolute atomic E-state index is 0.745. The zero-order valence-electron chi connectivity index (χ0n) is 13.8. The number of rotatable bonds is 3. The summed E-state index contributed by atoms with van der Waals surface area (Å²) in [5.41, 5.74) is 6.15. The van der Waals surface area contributed by atoms with E-state index in [2.05, 4.69) is 44.2 Å². The van der Waals surface area contributed by atoms with Crippen LogP contribution in [0.5, 0.6) is 0 Å². The normalized spacial score (nSPS) is 10.6. The molecule has 3 heterocycles. The van der Waals surface area contributed by atoms with E-state index < -0.39 is 0 Å². The first-order chi connectivity index (χ1) is 12.3. The van der Waals surface area contributed by atoms with Gasteiger partial charge >= 0.3 is 0 Å². The SMILES string of the molecule is Cc1nc(-c2ccc(-c3ccncc3)cc2)cc(-c2cccnc2)n1. The molecule has 3 aromatic heterocycles. The lowest BCUT2D eigenvalue weighted by molar-refractivity contribution is 1.06. The van der Waals surface area contributed by atoms with Crippen LogP contribution in [0.15, 0.2) is 79.4 Å². The van der Waals surface area contributed by atoms with Crippen LogP contribution in [0.25, 0.3) is 33.6 Å². The summed E-state index contributed by atoms with van der Waals surface area (Å²) < 4.78 is 0. The van der Waals surface area contributed by atoms with Crippen LogP contribution in [0.3, 0.4) is 0 Å². The van der Waals surface area contributed by atoms with Crippen molar-refractivity contribution in [3.8, 4) is 33.6 Å². The predicted octanol–water partition coefficient (Wildman–Crippen LogP) is 4.58. The van der Waals surface area contributed by atoms with E-state index in [1.165, 1.54) is 0 Å².